The number of benzene rings is 3. The number of nitrogens with zero attached hydrogens (tertiary/aromatic N) is 3. The molecule has 0 saturated heterocycles. The van der Waals surface area contributed by atoms with Gasteiger partial charge in [0.1, 0.15) is 22.8 Å². The van der Waals surface area contributed by atoms with Crippen LogP contribution in [0.3, 0.4) is 0 Å². The van der Waals surface area contributed by atoms with Crippen LogP contribution in [0.25, 0.3) is 16.4 Å². The number of imidazole rings is 1. The van der Waals surface area contributed by atoms with Crippen LogP contribution in [-0.2, 0) is 0 Å². The second-order valence-corrected chi connectivity index (χ2v) is 11.0. The molecule has 41 heavy (non-hydrogen) atoms. The minimum atomic E-state index is -1.02. The van der Waals surface area contributed by atoms with Gasteiger partial charge in [0.15, 0.2) is 6.23 Å². The van der Waals surface area contributed by atoms with Crippen LogP contribution in [0.5, 0.6) is 11.5 Å². The summed E-state index contributed by atoms with van der Waals surface area (Å²) in [5.41, 5.74) is 5.24. The summed E-state index contributed by atoms with van der Waals surface area (Å²) in [5, 5.41) is 26.2. The van der Waals surface area contributed by atoms with Gasteiger partial charge in [-0.15, -0.1) is 11.6 Å². The molecule has 3 heterocycles. The Balaban J connectivity index is 1.34. The predicted octanol–water partition coefficient (Wildman–Crippen LogP) is 6.37. The van der Waals surface area contributed by atoms with E-state index in [0.717, 1.165) is 33.3 Å². The van der Waals surface area contributed by atoms with Crippen LogP contribution in [0, 0.1) is 6.92 Å². The van der Waals surface area contributed by atoms with E-state index in [1.807, 2.05) is 30.9 Å². The van der Waals surface area contributed by atoms with E-state index < -0.39 is 6.23 Å². The molecule has 9 heteroatoms. The number of alkyl halides is 1. The minimum absolute atomic E-state index is 0.0115. The Hall–Kier alpha value is -4.27. The highest BCUT2D eigenvalue weighted by Crippen LogP contribution is 2.48. The van der Waals surface area contributed by atoms with Gasteiger partial charge < -0.3 is 29.6 Å². The molecular weight excluding hydrogens is 540 g/mol. The van der Waals surface area contributed by atoms with Crippen LogP contribution < -0.4 is 15.0 Å². The maximum atomic E-state index is 12.7. The molecule has 3 N–H and O–H groups in total. The van der Waals surface area contributed by atoms with E-state index in [1.165, 1.54) is 12.1 Å². The molecule has 1 amide bonds. The van der Waals surface area contributed by atoms with Crippen LogP contribution in [-0.4, -0.2) is 44.0 Å². The molecule has 0 radical (unpaired) electrons. The normalized spacial score (nSPS) is 15.5. The lowest BCUT2D eigenvalue weighted by atomic mass is 9.92. The molecule has 2 atom stereocenters. The van der Waals surface area contributed by atoms with Crippen molar-refractivity contribution in [1.29, 1.82) is 0 Å². The lowest BCUT2D eigenvalue weighted by Gasteiger charge is -2.26. The van der Waals surface area contributed by atoms with E-state index in [9.17, 15) is 15.0 Å². The van der Waals surface area contributed by atoms with Crippen LogP contribution in [0.4, 0.5) is 11.4 Å². The number of fused-ring (bicyclic) bond motifs is 4. The highest BCUT2D eigenvalue weighted by Gasteiger charge is 2.36. The molecule has 0 aliphatic carbocycles. The first kappa shape index (κ1) is 26.9. The second kappa shape index (κ2) is 10.6. The number of rotatable bonds is 7. The smallest absolute Gasteiger partial charge is 0.255 e. The maximum Gasteiger partial charge on any atom is 0.255 e. The number of carbonyl (C=O) groups excluding carboxylic acids is 1. The molecule has 0 bridgehead atoms. The average Bonchev–Trinajstić information content (AvgIpc) is 3.54. The number of aliphatic hydroxyl groups excluding tert-OH is 1. The van der Waals surface area contributed by atoms with Gasteiger partial charge >= 0.3 is 0 Å². The zero-order valence-electron chi connectivity index (χ0n) is 23.0. The number of phenolic OH excluding ortho intramolecular Hbond substituents is 1. The first-order valence-electron chi connectivity index (χ1n) is 13.6. The van der Waals surface area contributed by atoms with E-state index in [0.29, 0.717) is 35.0 Å². The van der Waals surface area contributed by atoms with Crippen LogP contribution >= 0.6 is 11.6 Å². The summed E-state index contributed by atoms with van der Waals surface area (Å²) in [6.07, 6.45) is 2.48. The molecule has 8 nitrogen and oxygen atoms in total. The van der Waals surface area contributed by atoms with Crippen LogP contribution in [0.1, 0.15) is 53.2 Å². The van der Waals surface area contributed by atoms with Gasteiger partial charge in [-0.05, 0) is 73.7 Å². The monoisotopic (exact) mass is 570 g/mol. The highest BCUT2D eigenvalue weighted by atomic mass is 35.5. The number of aryl methyl sites for hydroxylation is 1. The number of hydrogen-bond acceptors (Lipinski definition) is 6. The molecule has 1 aliphatic rings. The largest absolute Gasteiger partial charge is 0.508 e. The number of pyridine rings is 1. The molecule has 210 valence electrons. The number of phenols is 1. The van der Waals surface area contributed by atoms with Gasteiger partial charge in [-0.1, -0.05) is 18.2 Å². The number of halogens is 1. The summed E-state index contributed by atoms with van der Waals surface area (Å²) < 4.78 is 8.01. The van der Waals surface area contributed by atoms with Gasteiger partial charge in [-0.25, -0.2) is 4.98 Å². The van der Waals surface area contributed by atoms with Crippen molar-refractivity contribution in [2.45, 2.75) is 39.0 Å². The SMILES string of the molecule is Cc1cccc2c(OC(C)C)cc3c(c12)[C@H](CCl)CN3C(O)c1cn2cc(NC(=O)c3ccc(O)cc3)ccc2n1. The number of anilines is 2. The summed E-state index contributed by atoms with van der Waals surface area (Å²) in [5.74, 6) is 1.01. The van der Waals surface area contributed by atoms with E-state index in [2.05, 4.69) is 29.4 Å². The summed E-state index contributed by atoms with van der Waals surface area (Å²) in [6, 6.07) is 17.8. The minimum Gasteiger partial charge on any atom is -0.508 e. The van der Waals surface area contributed by atoms with Gasteiger partial charge in [-0.3, -0.25) is 4.79 Å². The van der Waals surface area contributed by atoms with E-state index in [-0.39, 0.29) is 23.7 Å². The Morgan fingerprint density at radius 2 is 1.93 bits per heavy atom. The molecule has 5 aromatic rings. The number of aliphatic hydroxyl groups is 1. The lowest BCUT2D eigenvalue weighted by molar-refractivity contribution is 0.102. The fraction of sp³-hybridized carbons (Fsp3) is 0.250. The molecule has 6 rings (SSSR count). The summed E-state index contributed by atoms with van der Waals surface area (Å²) in [4.78, 5) is 19.3. The Bertz CT molecular complexity index is 1770. The third kappa shape index (κ3) is 4.94. The fourth-order valence-corrected chi connectivity index (χ4v) is 5.86. The Morgan fingerprint density at radius 3 is 2.66 bits per heavy atom. The van der Waals surface area contributed by atoms with Gasteiger partial charge in [0, 0.05) is 53.4 Å². The molecule has 0 saturated carbocycles. The summed E-state index contributed by atoms with van der Waals surface area (Å²) >= 11 is 6.50. The van der Waals surface area contributed by atoms with Gasteiger partial charge in [0.25, 0.3) is 5.91 Å². The number of nitrogens with one attached hydrogen (secondary N) is 1. The van der Waals surface area contributed by atoms with Crippen molar-refractivity contribution >= 4 is 45.3 Å². The predicted molar refractivity (Wildman–Crippen MR) is 161 cm³/mol. The van der Waals surface area contributed by atoms with E-state index in [4.69, 9.17) is 16.3 Å². The van der Waals surface area contributed by atoms with Crippen molar-refractivity contribution in [2.75, 3.05) is 22.6 Å². The summed E-state index contributed by atoms with van der Waals surface area (Å²) in [6.45, 7) is 6.63. The Kier molecular flexibility index (Phi) is 6.97. The number of aromatic nitrogens is 2. The van der Waals surface area contributed by atoms with Crippen molar-refractivity contribution in [2.24, 2.45) is 0 Å². The Morgan fingerprint density at radius 1 is 1.15 bits per heavy atom. The van der Waals surface area contributed by atoms with E-state index in [1.54, 1.807) is 41.1 Å². The number of ether oxygens (including phenoxy) is 1. The topological polar surface area (TPSA) is 99.3 Å². The van der Waals surface area contributed by atoms with Crippen molar-refractivity contribution < 1.29 is 19.7 Å². The Labute approximate surface area is 242 Å². The van der Waals surface area contributed by atoms with Gasteiger partial charge in [0.05, 0.1) is 11.8 Å². The number of hydrogen-bond donors (Lipinski definition) is 3. The van der Waals surface area contributed by atoms with Crippen molar-refractivity contribution in [3.8, 4) is 11.5 Å². The third-order valence-electron chi connectivity index (χ3n) is 7.45. The van der Waals surface area contributed by atoms with Crippen molar-refractivity contribution in [3.05, 3.63) is 95.4 Å². The van der Waals surface area contributed by atoms with Crippen LogP contribution in [0.2, 0.25) is 0 Å². The molecular formula is C32H31ClN4O4. The standard InChI is InChI=1S/C32H31ClN4O4/c1-18(2)41-27-13-26-30(29-19(3)5-4-6-24(27)29)21(14-33)15-37(26)32(40)25-17-36-16-22(9-12-28(36)35-25)34-31(39)20-7-10-23(38)11-8-20/h4-13,16-18,21,32,38,40H,14-15H2,1-3H3,(H,34,39)/t21-,32?/m1/s1. The first-order chi connectivity index (χ1) is 19.7. The van der Waals surface area contributed by atoms with Crippen LogP contribution in [0.15, 0.2) is 73.1 Å². The number of carbonyl (C=O) groups is 1. The van der Waals surface area contributed by atoms with E-state index >= 15 is 0 Å². The fourth-order valence-electron chi connectivity index (χ4n) is 5.61. The van der Waals surface area contributed by atoms with Gasteiger partial charge in [-0.2, -0.15) is 0 Å². The molecule has 0 spiro atoms. The molecule has 2 aromatic heterocycles. The zero-order valence-corrected chi connectivity index (χ0v) is 23.8. The highest BCUT2D eigenvalue weighted by molar-refractivity contribution is 6.19. The number of amides is 1. The zero-order chi connectivity index (χ0) is 28.8. The summed E-state index contributed by atoms with van der Waals surface area (Å²) in [7, 11) is 0. The van der Waals surface area contributed by atoms with Gasteiger partial charge in [0.2, 0.25) is 0 Å². The molecule has 3 aromatic carbocycles. The first-order valence-corrected chi connectivity index (χ1v) is 14.1. The quantitative estimate of drug-likeness (QED) is 0.197. The second-order valence-electron chi connectivity index (χ2n) is 10.7. The average molecular weight is 571 g/mol. The maximum absolute atomic E-state index is 12.7. The third-order valence-corrected chi connectivity index (χ3v) is 7.82. The van der Waals surface area contributed by atoms with Crippen molar-refractivity contribution in [1.82, 2.24) is 9.38 Å². The molecule has 1 unspecified atom stereocenters. The number of aromatic hydroxyl groups is 1. The molecule has 0 fully saturated rings. The molecule has 1 aliphatic heterocycles. The lowest BCUT2D eigenvalue weighted by Crippen LogP contribution is -2.28. The van der Waals surface area contributed by atoms with Crippen molar-refractivity contribution in [3.63, 3.8) is 0 Å².